The van der Waals surface area contributed by atoms with Crippen LogP contribution in [0.15, 0.2) is 0 Å². The SMILES string of the molecule is CCC(C)C(NC(=O)C(CCCCN)NC(=O)C(CC(=O)O)NC(=O)C(N)CCC(N)=O)C(=O)O. The third-order valence-corrected chi connectivity index (χ3v) is 5.41. The van der Waals surface area contributed by atoms with Gasteiger partial charge in [-0.05, 0) is 38.1 Å². The number of carbonyl (C=O) groups is 6. The zero-order valence-corrected chi connectivity index (χ0v) is 20.1. The lowest BCUT2D eigenvalue weighted by molar-refractivity contribution is -0.144. The molecule has 5 atom stereocenters. The van der Waals surface area contributed by atoms with Gasteiger partial charge in [-0.2, -0.15) is 0 Å². The van der Waals surface area contributed by atoms with E-state index in [4.69, 9.17) is 22.3 Å². The maximum Gasteiger partial charge on any atom is 0.326 e. The molecule has 0 aromatic heterocycles. The van der Waals surface area contributed by atoms with Gasteiger partial charge in [-0.25, -0.2) is 4.79 Å². The Hall–Kier alpha value is -3.26. The molecule has 14 nitrogen and oxygen atoms in total. The molecule has 0 saturated carbocycles. The second-order valence-electron chi connectivity index (χ2n) is 8.33. The van der Waals surface area contributed by atoms with Crippen LogP contribution in [0.3, 0.4) is 0 Å². The Morgan fingerprint density at radius 3 is 1.91 bits per heavy atom. The molecule has 5 unspecified atom stereocenters. The van der Waals surface area contributed by atoms with Crippen molar-refractivity contribution in [1.82, 2.24) is 16.0 Å². The normalized spacial score (nSPS) is 15.1. The minimum atomic E-state index is -1.57. The van der Waals surface area contributed by atoms with Gasteiger partial charge in [-0.1, -0.05) is 20.3 Å². The van der Waals surface area contributed by atoms with Crippen LogP contribution in [0.25, 0.3) is 0 Å². The summed E-state index contributed by atoms with van der Waals surface area (Å²) in [6, 6.07) is -5.19. The van der Waals surface area contributed by atoms with Gasteiger partial charge in [0.2, 0.25) is 23.6 Å². The van der Waals surface area contributed by atoms with Crippen molar-refractivity contribution in [3.63, 3.8) is 0 Å². The van der Waals surface area contributed by atoms with E-state index in [1.807, 2.05) is 0 Å². The fourth-order valence-corrected chi connectivity index (χ4v) is 3.06. The summed E-state index contributed by atoms with van der Waals surface area (Å²) in [7, 11) is 0. The van der Waals surface area contributed by atoms with Crippen LogP contribution < -0.4 is 33.2 Å². The molecule has 0 spiro atoms. The Kier molecular flexibility index (Phi) is 14.9. The van der Waals surface area contributed by atoms with Gasteiger partial charge in [0, 0.05) is 6.42 Å². The maximum atomic E-state index is 12.8. The highest BCUT2D eigenvalue weighted by Gasteiger charge is 2.32. The van der Waals surface area contributed by atoms with Crippen molar-refractivity contribution < 1.29 is 39.0 Å². The second-order valence-corrected chi connectivity index (χ2v) is 8.33. The quantitative estimate of drug-likeness (QED) is 0.0935. The third kappa shape index (κ3) is 12.7. The number of rotatable bonds is 18. The van der Waals surface area contributed by atoms with Crippen molar-refractivity contribution in [1.29, 1.82) is 0 Å². The highest BCUT2D eigenvalue weighted by molar-refractivity contribution is 5.95. The fourth-order valence-electron chi connectivity index (χ4n) is 3.06. The number of unbranched alkanes of at least 4 members (excludes halogenated alkanes) is 1. The molecule has 0 aliphatic carbocycles. The van der Waals surface area contributed by atoms with Crippen molar-refractivity contribution >= 4 is 35.6 Å². The molecule has 0 heterocycles. The molecule has 0 fully saturated rings. The van der Waals surface area contributed by atoms with Gasteiger partial charge in [-0.3, -0.25) is 24.0 Å². The zero-order chi connectivity index (χ0) is 27.1. The number of nitrogens with one attached hydrogen (secondary N) is 3. The van der Waals surface area contributed by atoms with Crippen LogP contribution >= 0.6 is 0 Å². The largest absolute Gasteiger partial charge is 0.481 e. The van der Waals surface area contributed by atoms with Crippen molar-refractivity contribution in [2.75, 3.05) is 6.54 Å². The molecule has 0 aromatic rings. The Morgan fingerprint density at radius 2 is 1.43 bits per heavy atom. The van der Waals surface area contributed by atoms with E-state index in [9.17, 15) is 33.9 Å². The molecule has 200 valence electrons. The number of amides is 4. The molecule has 0 rings (SSSR count). The molecule has 11 N–H and O–H groups in total. The molecular weight excluding hydrogens is 464 g/mol. The van der Waals surface area contributed by atoms with Crippen LogP contribution in [0, 0.1) is 5.92 Å². The Labute approximate surface area is 203 Å². The maximum absolute atomic E-state index is 12.8. The first-order chi connectivity index (χ1) is 16.3. The number of carboxylic acid groups (broad SMARTS) is 2. The summed E-state index contributed by atoms with van der Waals surface area (Å²) in [5.74, 6) is -6.31. The lowest BCUT2D eigenvalue weighted by Crippen LogP contribution is -2.58. The Morgan fingerprint density at radius 1 is 0.857 bits per heavy atom. The number of hydrogen-bond acceptors (Lipinski definition) is 8. The third-order valence-electron chi connectivity index (χ3n) is 5.41. The zero-order valence-electron chi connectivity index (χ0n) is 20.1. The molecule has 4 amide bonds. The van der Waals surface area contributed by atoms with E-state index < -0.39 is 72.1 Å². The van der Waals surface area contributed by atoms with Gasteiger partial charge in [-0.15, -0.1) is 0 Å². The molecule has 35 heavy (non-hydrogen) atoms. The van der Waals surface area contributed by atoms with Crippen LogP contribution in [-0.2, 0) is 28.8 Å². The molecule has 0 aromatic carbocycles. The van der Waals surface area contributed by atoms with Gasteiger partial charge < -0.3 is 43.4 Å². The summed E-state index contributed by atoms with van der Waals surface area (Å²) in [5.41, 5.74) is 16.2. The van der Waals surface area contributed by atoms with Crippen molar-refractivity contribution in [2.24, 2.45) is 23.1 Å². The van der Waals surface area contributed by atoms with E-state index in [0.717, 1.165) is 0 Å². The van der Waals surface area contributed by atoms with Crippen LogP contribution in [0.2, 0.25) is 0 Å². The lowest BCUT2D eigenvalue weighted by atomic mass is 9.98. The number of carbonyl (C=O) groups excluding carboxylic acids is 4. The van der Waals surface area contributed by atoms with E-state index in [2.05, 4.69) is 16.0 Å². The van der Waals surface area contributed by atoms with E-state index in [1.165, 1.54) is 0 Å². The molecule has 0 aliphatic heterocycles. The topological polar surface area (TPSA) is 257 Å². The Balaban J connectivity index is 5.56. The van der Waals surface area contributed by atoms with Crippen LogP contribution in [-0.4, -0.2) is 76.5 Å². The average Bonchev–Trinajstić information content (AvgIpc) is 2.78. The number of hydrogen-bond donors (Lipinski definition) is 8. The standard InChI is InChI=1S/C21H38N6O8/c1-3-11(2)17(21(34)35)27-19(32)13(6-4-5-9-22)25-20(33)14(10-16(29)30)26-18(31)12(23)7-8-15(24)28/h11-14,17H,3-10,22-23H2,1-2H3,(H2,24,28)(H,25,33)(H,26,31)(H,27,32)(H,29,30)(H,34,35). The van der Waals surface area contributed by atoms with Gasteiger partial charge in [0.15, 0.2) is 0 Å². The summed E-state index contributed by atoms with van der Waals surface area (Å²) in [6.45, 7) is 3.75. The van der Waals surface area contributed by atoms with E-state index in [-0.39, 0.29) is 19.3 Å². The Bertz CT molecular complexity index is 762. The van der Waals surface area contributed by atoms with Gasteiger partial charge in [0.25, 0.3) is 0 Å². The van der Waals surface area contributed by atoms with E-state index >= 15 is 0 Å². The molecular formula is C21H38N6O8. The lowest BCUT2D eigenvalue weighted by Gasteiger charge is -2.26. The molecule has 0 aliphatic rings. The first-order valence-corrected chi connectivity index (χ1v) is 11.4. The number of carboxylic acids is 2. The van der Waals surface area contributed by atoms with Crippen molar-refractivity contribution in [3.8, 4) is 0 Å². The molecule has 0 saturated heterocycles. The summed E-state index contributed by atoms with van der Waals surface area (Å²) in [4.78, 5) is 71.7. The van der Waals surface area contributed by atoms with Gasteiger partial charge in [0.1, 0.15) is 18.1 Å². The minimum Gasteiger partial charge on any atom is -0.481 e. The monoisotopic (exact) mass is 502 g/mol. The molecule has 14 heteroatoms. The van der Waals surface area contributed by atoms with E-state index in [1.54, 1.807) is 13.8 Å². The number of aliphatic carboxylic acids is 2. The summed E-state index contributed by atoms with van der Waals surface area (Å²) < 4.78 is 0. The van der Waals surface area contributed by atoms with Crippen LogP contribution in [0.4, 0.5) is 0 Å². The summed E-state index contributed by atoms with van der Waals surface area (Å²) in [5, 5.41) is 25.6. The van der Waals surface area contributed by atoms with Gasteiger partial charge in [0.05, 0.1) is 12.5 Å². The highest BCUT2D eigenvalue weighted by atomic mass is 16.4. The van der Waals surface area contributed by atoms with Gasteiger partial charge >= 0.3 is 11.9 Å². The van der Waals surface area contributed by atoms with E-state index in [0.29, 0.717) is 25.8 Å². The first-order valence-electron chi connectivity index (χ1n) is 11.4. The molecule has 0 radical (unpaired) electrons. The average molecular weight is 503 g/mol. The second kappa shape index (κ2) is 16.4. The predicted molar refractivity (Wildman–Crippen MR) is 124 cm³/mol. The summed E-state index contributed by atoms with van der Waals surface area (Å²) >= 11 is 0. The van der Waals surface area contributed by atoms with Crippen molar-refractivity contribution in [3.05, 3.63) is 0 Å². The van der Waals surface area contributed by atoms with Crippen LogP contribution in [0.1, 0.15) is 58.8 Å². The van der Waals surface area contributed by atoms with Crippen LogP contribution in [0.5, 0.6) is 0 Å². The molecule has 0 bridgehead atoms. The number of nitrogens with two attached hydrogens (primary N) is 3. The number of primary amides is 1. The highest BCUT2D eigenvalue weighted by Crippen LogP contribution is 2.10. The van der Waals surface area contributed by atoms with Crippen molar-refractivity contribution in [2.45, 2.75) is 83.0 Å². The minimum absolute atomic E-state index is 0.105. The first kappa shape index (κ1) is 31.7. The summed E-state index contributed by atoms with van der Waals surface area (Å²) in [6.07, 6.45) is 0.425. The fraction of sp³-hybridized carbons (Fsp3) is 0.714. The smallest absolute Gasteiger partial charge is 0.326 e. The predicted octanol–water partition coefficient (Wildman–Crippen LogP) is -2.23.